The Morgan fingerprint density at radius 3 is 2.64 bits per heavy atom. The lowest BCUT2D eigenvalue weighted by molar-refractivity contribution is -0.402. The van der Waals surface area contributed by atoms with Gasteiger partial charge < -0.3 is 19.2 Å². The van der Waals surface area contributed by atoms with Crippen molar-refractivity contribution in [3.05, 3.63) is 46.2 Å². The number of nitrogens with one attached hydrogen (secondary N) is 1. The van der Waals surface area contributed by atoms with Crippen LogP contribution in [0.2, 0.25) is 0 Å². The zero-order valence-corrected chi connectivity index (χ0v) is 11.4. The molecule has 1 aromatic heterocycles. The van der Waals surface area contributed by atoms with Crippen molar-refractivity contribution in [2.45, 2.75) is 6.42 Å². The van der Waals surface area contributed by atoms with Gasteiger partial charge in [0.1, 0.15) is 4.92 Å². The summed E-state index contributed by atoms with van der Waals surface area (Å²) in [6, 6.07) is 7.36. The monoisotopic (exact) mass is 304 g/mol. The molecule has 3 rings (SSSR count). The van der Waals surface area contributed by atoms with Gasteiger partial charge in [0.25, 0.3) is 5.91 Å². The molecule has 0 spiro atoms. The van der Waals surface area contributed by atoms with Crippen LogP contribution in [0.4, 0.5) is 11.6 Å². The quantitative estimate of drug-likeness (QED) is 0.690. The van der Waals surface area contributed by atoms with Crippen molar-refractivity contribution in [2.75, 3.05) is 18.5 Å². The van der Waals surface area contributed by atoms with E-state index in [2.05, 4.69) is 5.32 Å². The molecule has 8 nitrogen and oxygen atoms in total. The topological polar surface area (TPSA) is 104 Å². The van der Waals surface area contributed by atoms with Crippen LogP contribution < -0.4 is 14.8 Å². The van der Waals surface area contributed by atoms with Gasteiger partial charge in [-0.2, -0.15) is 0 Å². The molecular weight excluding hydrogens is 292 g/mol. The summed E-state index contributed by atoms with van der Waals surface area (Å²) in [6.45, 7) is 1.11. The summed E-state index contributed by atoms with van der Waals surface area (Å²) < 4.78 is 15.9. The van der Waals surface area contributed by atoms with Gasteiger partial charge in [0.05, 0.1) is 19.3 Å². The third-order valence-electron chi connectivity index (χ3n) is 3.00. The SMILES string of the molecule is O=C(Nc1ccc2c(c1)OCCCO2)c1ccc([N+](=O)[O-])o1. The molecule has 0 radical (unpaired) electrons. The van der Waals surface area contributed by atoms with E-state index < -0.39 is 16.7 Å². The van der Waals surface area contributed by atoms with Crippen molar-refractivity contribution in [3.63, 3.8) is 0 Å². The summed E-state index contributed by atoms with van der Waals surface area (Å²) >= 11 is 0. The highest BCUT2D eigenvalue weighted by molar-refractivity contribution is 6.02. The highest BCUT2D eigenvalue weighted by atomic mass is 16.6. The van der Waals surface area contributed by atoms with E-state index in [-0.39, 0.29) is 5.76 Å². The molecule has 2 heterocycles. The molecule has 0 fully saturated rings. The van der Waals surface area contributed by atoms with Gasteiger partial charge in [0, 0.05) is 18.2 Å². The Morgan fingerprint density at radius 2 is 1.91 bits per heavy atom. The van der Waals surface area contributed by atoms with Crippen LogP contribution >= 0.6 is 0 Å². The standard InChI is InChI=1S/C14H12N2O6/c17-14(11-4-5-13(22-11)16(18)19)15-9-2-3-10-12(8-9)21-7-1-6-20-10/h2-5,8H,1,6-7H2,(H,15,17). The van der Waals surface area contributed by atoms with E-state index in [1.807, 2.05) is 0 Å². The Kier molecular flexibility index (Phi) is 3.65. The zero-order chi connectivity index (χ0) is 15.5. The van der Waals surface area contributed by atoms with Gasteiger partial charge in [-0.15, -0.1) is 0 Å². The van der Waals surface area contributed by atoms with E-state index in [1.165, 1.54) is 6.07 Å². The number of benzene rings is 1. The second kappa shape index (κ2) is 5.76. The molecule has 0 unspecified atom stereocenters. The second-order valence-electron chi connectivity index (χ2n) is 4.56. The molecule has 1 aromatic carbocycles. The molecule has 1 aliphatic heterocycles. The second-order valence-corrected chi connectivity index (χ2v) is 4.56. The first-order valence-electron chi connectivity index (χ1n) is 6.59. The Hall–Kier alpha value is -3.03. The third kappa shape index (κ3) is 2.85. The van der Waals surface area contributed by atoms with E-state index in [1.54, 1.807) is 18.2 Å². The summed E-state index contributed by atoms with van der Waals surface area (Å²) in [7, 11) is 0. The van der Waals surface area contributed by atoms with Crippen LogP contribution in [0.3, 0.4) is 0 Å². The van der Waals surface area contributed by atoms with Crippen LogP contribution in [0.25, 0.3) is 0 Å². The minimum Gasteiger partial charge on any atom is -0.490 e. The van der Waals surface area contributed by atoms with Crippen molar-refractivity contribution in [1.29, 1.82) is 0 Å². The molecule has 1 N–H and O–H groups in total. The number of hydrogen-bond acceptors (Lipinski definition) is 6. The maximum absolute atomic E-state index is 12.0. The highest BCUT2D eigenvalue weighted by Crippen LogP contribution is 2.32. The number of anilines is 1. The van der Waals surface area contributed by atoms with Crippen molar-refractivity contribution in [1.82, 2.24) is 0 Å². The van der Waals surface area contributed by atoms with Crippen LogP contribution in [0.5, 0.6) is 11.5 Å². The number of hydrogen-bond donors (Lipinski definition) is 1. The number of furan rings is 1. The van der Waals surface area contributed by atoms with Gasteiger partial charge in [-0.3, -0.25) is 14.9 Å². The smallest absolute Gasteiger partial charge is 0.433 e. The molecule has 0 saturated carbocycles. The summed E-state index contributed by atoms with van der Waals surface area (Å²) in [5.41, 5.74) is 0.480. The van der Waals surface area contributed by atoms with E-state index in [4.69, 9.17) is 13.9 Å². The Morgan fingerprint density at radius 1 is 1.14 bits per heavy atom. The lowest BCUT2D eigenvalue weighted by Gasteiger charge is -2.09. The van der Waals surface area contributed by atoms with Crippen molar-refractivity contribution < 1.29 is 23.6 Å². The maximum atomic E-state index is 12.0. The first kappa shape index (κ1) is 13.9. The van der Waals surface area contributed by atoms with E-state index in [0.29, 0.717) is 30.4 Å². The van der Waals surface area contributed by atoms with Crippen molar-refractivity contribution in [3.8, 4) is 11.5 Å². The predicted molar refractivity (Wildman–Crippen MR) is 75.4 cm³/mol. The minimum atomic E-state index is -0.704. The summed E-state index contributed by atoms with van der Waals surface area (Å²) in [5.74, 6) is -0.0462. The number of ether oxygens (including phenoxy) is 2. The van der Waals surface area contributed by atoms with Crippen LogP contribution in [-0.2, 0) is 0 Å². The predicted octanol–water partition coefficient (Wildman–Crippen LogP) is 2.60. The number of nitrogens with zero attached hydrogens (tertiary/aromatic N) is 1. The van der Waals surface area contributed by atoms with Crippen LogP contribution in [0, 0.1) is 10.1 Å². The average molecular weight is 304 g/mol. The van der Waals surface area contributed by atoms with Gasteiger partial charge >= 0.3 is 5.88 Å². The normalized spacial score (nSPS) is 13.3. The van der Waals surface area contributed by atoms with Gasteiger partial charge in [0.2, 0.25) is 0 Å². The fourth-order valence-electron chi connectivity index (χ4n) is 1.98. The van der Waals surface area contributed by atoms with Gasteiger partial charge in [0.15, 0.2) is 17.3 Å². The molecule has 2 aromatic rings. The average Bonchev–Trinajstić information content (AvgIpc) is 2.88. The zero-order valence-electron chi connectivity index (χ0n) is 11.4. The number of carbonyl (C=O) groups is 1. The Bertz CT molecular complexity index is 724. The number of fused-ring (bicyclic) bond motifs is 1. The fraction of sp³-hybridized carbons (Fsp3) is 0.214. The number of amides is 1. The summed E-state index contributed by atoms with van der Waals surface area (Å²) in [4.78, 5) is 21.8. The molecular formula is C14H12N2O6. The van der Waals surface area contributed by atoms with Crippen LogP contribution in [-0.4, -0.2) is 24.0 Å². The van der Waals surface area contributed by atoms with E-state index in [9.17, 15) is 14.9 Å². The Balaban J connectivity index is 1.76. The molecule has 0 bridgehead atoms. The molecule has 8 heteroatoms. The van der Waals surface area contributed by atoms with E-state index >= 15 is 0 Å². The van der Waals surface area contributed by atoms with Gasteiger partial charge in [-0.25, -0.2) is 0 Å². The fourth-order valence-corrected chi connectivity index (χ4v) is 1.98. The number of nitro groups is 1. The summed E-state index contributed by atoms with van der Waals surface area (Å²) in [5, 5.41) is 13.1. The minimum absolute atomic E-state index is 0.140. The molecule has 1 aliphatic rings. The van der Waals surface area contributed by atoms with Crippen LogP contribution in [0.1, 0.15) is 17.0 Å². The van der Waals surface area contributed by atoms with Crippen molar-refractivity contribution in [2.24, 2.45) is 0 Å². The lowest BCUT2D eigenvalue weighted by Crippen LogP contribution is -2.11. The van der Waals surface area contributed by atoms with Gasteiger partial charge in [-0.1, -0.05) is 0 Å². The number of rotatable bonds is 3. The molecule has 0 atom stereocenters. The van der Waals surface area contributed by atoms with Gasteiger partial charge in [-0.05, 0) is 18.2 Å². The lowest BCUT2D eigenvalue weighted by atomic mass is 10.2. The molecule has 114 valence electrons. The summed E-state index contributed by atoms with van der Waals surface area (Å²) in [6.07, 6.45) is 0.784. The molecule has 0 saturated heterocycles. The first-order chi connectivity index (χ1) is 10.6. The van der Waals surface area contributed by atoms with Crippen LogP contribution in [0.15, 0.2) is 34.7 Å². The maximum Gasteiger partial charge on any atom is 0.433 e. The number of carbonyl (C=O) groups excluding carboxylic acids is 1. The largest absolute Gasteiger partial charge is 0.490 e. The molecule has 1 amide bonds. The molecule has 22 heavy (non-hydrogen) atoms. The van der Waals surface area contributed by atoms with Crippen molar-refractivity contribution >= 4 is 17.5 Å². The highest BCUT2D eigenvalue weighted by Gasteiger charge is 2.18. The first-order valence-corrected chi connectivity index (χ1v) is 6.59. The third-order valence-corrected chi connectivity index (χ3v) is 3.00. The Labute approximate surface area is 124 Å². The van der Waals surface area contributed by atoms with E-state index in [0.717, 1.165) is 12.5 Å². The molecule has 0 aliphatic carbocycles.